The van der Waals surface area contributed by atoms with E-state index in [0.29, 0.717) is 4.21 Å². The summed E-state index contributed by atoms with van der Waals surface area (Å²) in [7, 11) is -3.42. The Morgan fingerprint density at radius 1 is 1.59 bits per heavy atom. The third kappa shape index (κ3) is 3.29. The molecule has 17 heavy (non-hydrogen) atoms. The van der Waals surface area contributed by atoms with Crippen LogP contribution in [0.5, 0.6) is 0 Å². The topological polar surface area (TPSA) is 55.4 Å². The average Bonchev–Trinajstić information content (AvgIpc) is 2.86. The van der Waals surface area contributed by atoms with Gasteiger partial charge in [0.05, 0.1) is 9.89 Å². The van der Waals surface area contributed by atoms with Crippen LogP contribution in [0.4, 0.5) is 0 Å². The van der Waals surface area contributed by atoms with Gasteiger partial charge in [0.1, 0.15) is 4.21 Å². The van der Waals surface area contributed by atoms with Crippen molar-refractivity contribution in [2.45, 2.75) is 36.1 Å². The molecule has 0 aliphatic carbocycles. The van der Waals surface area contributed by atoms with Gasteiger partial charge < -0.3 is 4.74 Å². The molecular formula is C10H14BrNO3S2. The Kier molecular flexibility index (Phi) is 4.25. The fraction of sp³-hybridized carbons (Fsp3) is 0.600. The minimum atomic E-state index is -3.42. The molecule has 2 atom stereocenters. The Balaban J connectivity index is 2.06. The number of hydrogen-bond donors (Lipinski definition) is 1. The van der Waals surface area contributed by atoms with E-state index in [-0.39, 0.29) is 12.1 Å². The molecule has 0 aromatic carbocycles. The first-order valence-electron chi connectivity index (χ1n) is 5.38. The van der Waals surface area contributed by atoms with E-state index < -0.39 is 10.0 Å². The highest BCUT2D eigenvalue weighted by atomic mass is 79.9. The molecule has 1 aromatic rings. The van der Waals surface area contributed by atoms with Crippen molar-refractivity contribution in [1.82, 2.24) is 4.72 Å². The van der Waals surface area contributed by atoms with E-state index in [1.54, 1.807) is 12.1 Å². The van der Waals surface area contributed by atoms with Crippen molar-refractivity contribution in [3.8, 4) is 0 Å². The molecule has 1 aromatic heterocycles. The molecule has 1 saturated heterocycles. The average molecular weight is 340 g/mol. The van der Waals surface area contributed by atoms with Gasteiger partial charge in [-0.05, 0) is 47.8 Å². The summed E-state index contributed by atoms with van der Waals surface area (Å²) in [5.74, 6) is 0. The van der Waals surface area contributed by atoms with Crippen LogP contribution in [0.1, 0.15) is 19.8 Å². The molecule has 96 valence electrons. The number of ether oxygens (including phenoxy) is 1. The summed E-state index contributed by atoms with van der Waals surface area (Å²) in [6.45, 7) is 2.57. The van der Waals surface area contributed by atoms with Crippen molar-refractivity contribution < 1.29 is 13.2 Å². The van der Waals surface area contributed by atoms with Crippen LogP contribution >= 0.6 is 27.3 Å². The molecule has 1 fully saturated rings. The second-order valence-corrected chi connectivity index (χ2v) is 8.42. The Labute approximate surface area is 114 Å². The molecule has 2 unspecified atom stereocenters. The highest BCUT2D eigenvalue weighted by Gasteiger charge is 2.27. The molecule has 0 bridgehead atoms. The van der Waals surface area contributed by atoms with E-state index in [1.807, 2.05) is 6.92 Å². The molecule has 1 aliphatic heterocycles. The summed E-state index contributed by atoms with van der Waals surface area (Å²) in [4.78, 5) is 0. The predicted molar refractivity (Wildman–Crippen MR) is 70.8 cm³/mol. The number of halogens is 1. The first-order valence-corrected chi connectivity index (χ1v) is 8.47. The Bertz CT molecular complexity index is 479. The maximum Gasteiger partial charge on any atom is 0.250 e. The zero-order valence-corrected chi connectivity index (χ0v) is 12.6. The summed E-state index contributed by atoms with van der Waals surface area (Å²) in [5, 5.41) is 0. The van der Waals surface area contributed by atoms with E-state index in [0.717, 1.165) is 23.2 Å². The zero-order chi connectivity index (χ0) is 12.5. The minimum Gasteiger partial charge on any atom is -0.377 e. The second-order valence-electron chi connectivity index (χ2n) is 4.02. The van der Waals surface area contributed by atoms with Crippen molar-refractivity contribution >= 4 is 37.3 Å². The lowest BCUT2D eigenvalue weighted by molar-refractivity contribution is 0.0902. The quantitative estimate of drug-likeness (QED) is 0.915. The summed E-state index contributed by atoms with van der Waals surface area (Å²) >= 11 is 4.46. The Hall–Kier alpha value is 0.0500. The molecule has 1 N–H and O–H groups in total. The SMILES string of the molecule is CC(NS(=O)(=O)c1ccc(Br)s1)C1CCCO1. The largest absolute Gasteiger partial charge is 0.377 e. The number of rotatable bonds is 4. The van der Waals surface area contributed by atoms with E-state index in [2.05, 4.69) is 20.7 Å². The number of sulfonamides is 1. The van der Waals surface area contributed by atoms with Gasteiger partial charge in [0.15, 0.2) is 0 Å². The molecule has 2 heterocycles. The second kappa shape index (κ2) is 5.36. The van der Waals surface area contributed by atoms with E-state index >= 15 is 0 Å². The highest BCUT2D eigenvalue weighted by molar-refractivity contribution is 9.11. The molecule has 2 rings (SSSR count). The monoisotopic (exact) mass is 339 g/mol. The van der Waals surface area contributed by atoms with Crippen LogP contribution in [0.15, 0.2) is 20.1 Å². The van der Waals surface area contributed by atoms with Gasteiger partial charge in [-0.25, -0.2) is 13.1 Å². The Morgan fingerprint density at radius 2 is 2.35 bits per heavy atom. The van der Waals surface area contributed by atoms with Gasteiger partial charge in [-0.15, -0.1) is 11.3 Å². The van der Waals surface area contributed by atoms with Crippen molar-refractivity contribution in [3.63, 3.8) is 0 Å². The van der Waals surface area contributed by atoms with E-state index in [1.165, 1.54) is 11.3 Å². The fourth-order valence-electron chi connectivity index (χ4n) is 1.82. The summed E-state index contributed by atoms with van der Waals surface area (Å²) < 4.78 is 33.3. The lowest BCUT2D eigenvalue weighted by atomic mass is 10.1. The minimum absolute atomic E-state index is 0.00632. The summed E-state index contributed by atoms with van der Waals surface area (Å²) in [5.41, 5.74) is 0. The van der Waals surface area contributed by atoms with Gasteiger partial charge >= 0.3 is 0 Å². The van der Waals surface area contributed by atoms with Gasteiger partial charge in [-0.2, -0.15) is 0 Å². The number of nitrogens with one attached hydrogen (secondary N) is 1. The van der Waals surface area contributed by atoms with Crippen LogP contribution in [-0.2, 0) is 14.8 Å². The molecule has 0 saturated carbocycles. The predicted octanol–water partition coefficient (Wildman–Crippen LogP) is 2.36. The third-order valence-corrected chi connectivity index (χ3v) is 6.35. The maximum absolute atomic E-state index is 12.0. The van der Waals surface area contributed by atoms with Crippen LogP contribution in [0, 0.1) is 0 Å². The van der Waals surface area contributed by atoms with Crippen LogP contribution in [0.2, 0.25) is 0 Å². The van der Waals surface area contributed by atoms with Crippen molar-refractivity contribution in [3.05, 3.63) is 15.9 Å². The van der Waals surface area contributed by atoms with Crippen LogP contribution in [0.3, 0.4) is 0 Å². The lowest BCUT2D eigenvalue weighted by Gasteiger charge is -2.19. The van der Waals surface area contributed by atoms with Crippen LogP contribution in [-0.4, -0.2) is 27.2 Å². The molecule has 4 nitrogen and oxygen atoms in total. The van der Waals surface area contributed by atoms with Crippen molar-refractivity contribution in [1.29, 1.82) is 0 Å². The maximum atomic E-state index is 12.0. The molecule has 1 aliphatic rings. The van der Waals surface area contributed by atoms with E-state index in [9.17, 15) is 8.42 Å². The summed E-state index contributed by atoms with van der Waals surface area (Å²) in [6, 6.07) is 3.14. The van der Waals surface area contributed by atoms with Gasteiger partial charge in [-0.3, -0.25) is 0 Å². The standard InChI is InChI=1S/C10H14BrNO3S2/c1-7(8-3-2-6-15-8)12-17(13,14)10-5-4-9(11)16-10/h4-5,7-8,12H,2-3,6H2,1H3. The molecule has 0 spiro atoms. The number of thiophene rings is 1. The van der Waals surface area contributed by atoms with Gasteiger partial charge in [0.25, 0.3) is 0 Å². The zero-order valence-electron chi connectivity index (χ0n) is 9.35. The smallest absolute Gasteiger partial charge is 0.250 e. The van der Waals surface area contributed by atoms with Gasteiger partial charge in [0, 0.05) is 12.6 Å². The van der Waals surface area contributed by atoms with Gasteiger partial charge in [0.2, 0.25) is 10.0 Å². The molecular weight excluding hydrogens is 326 g/mol. The number of hydrogen-bond acceptors (Lipinski definition) is 4. The van der Waals surface area contributed by atoms with Crippen LogP contribution < -0.4 is 4.72 Å². The van der Waals surface area contributed by atoms with Crippen molar-refractivity contribution in [2.75, 3.05) is 6.61 Å². The van der Waals surface area contributed by atoms with E-state index in [4.69, 9.17) is 4.74 Å². The summed E-state index contributed by atoms with van der Waals surface area (Å²) in [6.07, 6.45) is 1.91. The van der Waals surface area contributed by atoms with Crippen LogP contribution in [0.25, 0.3) is 0 Å². The third-order valence-electron chi connectivity index (χ3n) is 2.68. The fourth-order valence-corrected chi connectivity index (χ4v) is 5.12. The Morgan fingerprint density at radius 3 is 2.88 bits per heavy atom. The normalized spacial score (nSPS) is 22.8. The van der Waals surface area contributed by atoms with Crippen molar-refractivity contribution in [2.24, 2.45) is 0 Å². The lowest BCUT2D eigenvalue weighted by Crippen LogP contribution is -2.40. The van der Waals surface area contributed by atoms with Gasteiger partial charge in [-0.1, -0.05) is 0 Å². The highest BCUT2D eigenvalue weighted by Crippen LogP contribution is 2.26. The first-order chi connectivity index (χ1) is 7.99. The molecule has 0 amide bonds. The molecule has 0 radical (unpaired) electrons. The first kappa shape index (κ1) is 13.5. The molecule has 7 heteroatoms.